The van der Waals surface area contributed by atoms with Gasteiger partial charge >= 0.3 is 0 Å². The van der Waals surface area contributed by atoms with Crippen LogP contribution in [0.3, 0.4) is 0 Å². The zero-order valence-electron chi connectivity index (χ0n) is 13.9. The van der Waals surface area contributed by atoms with Crippen LogP contribution in [0.4, 0.5) is 0 Å². The molecule has 2 atom stereocenters. The summed E-state index contributed by atoms with van der Waals surface area (Å²) in [7, 11) is 0. The van der Waals surface area contributed by atoms with Crippen molar-refractivity contribution >= 4 is 11.8 Å². The first-order valence-corrected chi connectivity index (χ1v) is 8.90. The van der Waals surface area contributed by atoms with Gasteiger partial charge in [-0.05, 0) is 46.0 Å². The molecule has 22 heavy (non-hydrogen) atoms. The average Bonchev–Trinajstić information content (AvgIpc) is 2.74. The number of nitrogens with one attached hydrogen (secondary N) is 1. The topological polar surface area (TPSA) is 52.7 Å². The van der Waals surface area contributed by atoms with E-state index in [1.807, 2.05) is 9.91 Å². The number of hydrazine groups is 1. The maximum Gasteiger partial charge on any atom is 0.239 e. The van der Waals surface area contributed by atoms with Gasteiger partial charge in [0, 0.05) is 24.0 Å². The lowest BCUT2D eigenvalue weighted by atomic mass is 9.79. The van der Waals surface area contributed by atoms with Crippen LogP contribution in [0.1, 0.15) is 71.6 Å². The molecule has 3 fully saturated rings. The van der Waals surface area contributed by atoms with E-state index in [2.05, 4.69) is 19.3 Å². The van der Waals surface area contributed by atoms with E-state index < -0.39 is 0 Å². The monoisotopic (exact) mass is 307 g/mol. The Labute approximate surface area is 133 Å². The molecule has 0 bridgehead atoms. The minimum Gasteiger partial charge on any atom is -0.336 e. The Morgan fingerprint density at radius 2 is 1.77 bits per heavy atom. The molecule has 3 aliphatic rings. The van der Waals surface area contributed by atoms with Gasteiger partial charge in [0.25, 0.3) is 0 Å². The van der Waals surface area contributed by atoms with Gasteiger partial charge in [0.15, 0.2) is 0 Å². The second-order valence-electron chi connectivity index (χ2n) is 7.51. The maximum absolute atomic E-state index is 12.8. The van der Waals surface area contributed by atoms with Crippen molar-refractivity contribution in [1.29, 1.82) is 0 Å². The van der Waals surface area contributed by atoms with E-state index in [0.717, 1.165) is 38.5 Å². The molecule has 0 aromatic heterocycles. The Morgan fingerprint density at radius 1 is 1.14 bits per heavy atom. The number of carbonyl (C=O) groups excluding carboxylic acids is 2. The van der Waals surface area contributed by atoms with Crippen LogP contribution < -0.4 is 5.43 Å². The molecule has 5 heteroatoms. The number of hydrogen-bond donors (Lipinski definition) is 1. The molecule has 1 aliphatic carbocycles. The smallest absolute Gasteiger partial charge is 0.239 e. The molecular weight excluding hydrogens is 278 g/mol. The second kappa shape index (κ2) is 6.19. The summed E-state index contributed by atoms with van der Waals surface area (Å²) in [4.78, 5) is 26.8. The van der Waals surface area contributed by atoms with Crippen LogP contribution in [0.15, 0.2) is 0 Å². The molecule has 2 aliphatic heterocycles. The number of carbonyl (C=O) groups is 2. The van der Waals surface area contributed by atoms with E-state index in [9.17, 15) is 9.59 Å². The van der Waals surface area contributed by atoms with Gasteiger partial charge in [-0.1, -0.05) is 19.3 Å². The highest BCUT2D eigenvalue weighted by atomic mass is 16.2. The summed E-state index contributed by atoms with van der Waals surface area (Å²) in [5, 5.41) is 1.98. The Hall–Kier alpha value is -1.10. The molecule has 2 amide bonds. The van der Waals surface area contributed by atoms with Gasteiger partial charge in [0.1, 0.15) is 0 Å². The number of nitrogens with zero attached hydrogens (tertiary/aromatic N) is 2. The summed E-state index contributed by atoms with van der Waals surface area (Å²) >= 11 is 0. The molecule has 1 spiro atoms. The first kappa shape index (κ1) is 15.8. The average molecular weight is 307 g/mol. The van der Waals surface area contributed by atoms with Gasteiger partial charge in [0.2, 0.25) is 11.8 Å². The Morgan fingerprint density at radius 3 is 2.41 bits per heavy atom. The number of likely N-dealkylation sites (tertiary alicyclic amines) is 1. The zero-order valence-corrected chi connectivity index (χ0v) is 13.9. The van der Waals surface area contributed by atoms with E-state index in [4.69, 9.17) is 0 Å². The molecule has 0 unspecified atom stereocenters. The van der Waals surface area contributed by atoms with Crippen molar-refractivity contribution in [3.63, 3.8) is 0 Å². The Balaban J connectivity index is 1.70. The van der Waals surface area contributed by atoms with Gasteiger partial charge in [-0.15, -0.1) is 0 Å². The molecule has 0 aromatic carbocycles. The van der Waals surface area contributed by atoms with Crippen LogP contribution in [0.25, 0.3) is 0 Å². The van der Waals surface area contributed by atoms with Crippen molar-refractivity contribution in [1.82, 2.24) is 15.3 Å². The van der Waals surface area contributed by atoms with Gasteiger partial charge in [-0.25, -0.2) is 5.01 Å². The van der Waals surface area contributed by atoms with Gasteiger partial charge < -0.3 is 4.90 Å². The van der Waals surface area contributed by atoms with Crippen LogP contribution in [-0.4, -0.2) is 45.9 Å². The maximum atomic E-state index is 12.8. The lowest BCUT2D eigenvalue weighted by molar-refractivity contribution is -0.141. The fourth-order valence-electron chi connectivity index (χ4n) is 4.70. The highest BCUT2D eigenvalue weighted by Crippen LogP contribution is 2.38. The fourth-order valence-corrected chi connectivity index (χ4v) is 4.70. The van der Waals surface area contributed by atoms with Gasteiger partial charge in [-0.2, -0.15) is 0 Å². The first-order valence-electron chi connectivity index (χ1n) is 8.90. The first-order chi connectivity index (χ1) is 10.5. The second-order valence-corrected chi connectivity index (χ2v) is 7.51. The van der Waals surface area contributed by atoms with E-state index in [-0.39, 0.29) is 17.4 Å². The summed E-state index contributed by atoms with van der Waals surface area (Å²) in [6.45, 7) is 4.62. The third-order valence-corrected chi connectivity index (χ3v) is 5.88. The molecule has 0 radical (unpaired) electrons. The van der Waals surface area contributed by atoms with Crippen molar-refractivity contribution in [3.05, 3.63) is 0 Å². The highest BCUT2D eigenvalue weighted by Gasteiger charge is 2.47. The summed E-state index contributed by atoms with van der Waals surface area (Å²) < 4.78 is 0. The van der Waals surface area contributed by atoms with Crippen molar-refractivity contribution in [2.75, 3.05) is 6.54 Å². The third-order valence-electron chi connectivity index (χ3n) is 5.88. The third kappa shape index (κ3) is 2.87. The van der Waals surface area contributed by atoms with Crippen molar-refractivity contribution < 1.29 is 9.59 Å². The molecule has 0 aromatic rings. The minimum atomic E-state index is -0.104. The van der Waals surface area contributed by atoms with E-state index in [0.29, 0.717) is 25.0 Å². The fraction of sp³-hybridized carbons (Fsp3) is 0.882. The van der Waals surface area contributed by atoms with Crippen molar-refractivity contribution in [3.8, 4) is 0 Å². The van der Waals surface area contributed by atoms with Crippen LogP contribution in [0.5, 0.6) is 0 Å². The molecule has 124 valence electrons. The number of rotatable bonds is 2. The molecule has 2 saturated heterocycles. The normalized spacial score (nSPS) is 32.3. The molecule has 3 rings (SSSR count). The number of amides is 2. The van der Waals surface area contributed by atoms with Gasteiger partial charge in [0.05, 0.1) is 6.54 Å². The summed E-state index contributed by atoms with van der Waals surface area (Å²) in [5.41, 5.74) is 2.86. The minimum absolute atomic E-state index is 0.0782. The van der Waals surface area contributed by atoms with Gasteiger partial charge in [-0.3, -0.25) is 15.0 Å². The molecule has 1 N–H and O–H groups in total. The quantitative estimate of drug-likeness (QED) is 0.851. The van der Waals surface area contributed by atoms with E-state index >= 15 is 0 Å². The molecule has 2 heterocycles. The van der Waals surface area contributed by atoms with Crippen LogP contribution in [0, 0.1) is 0 Å². The number of hydrogen-bond acceptors (Lipinski definition) is 3. The van der Waals surface area contributed by atoms with Crippen molar-refractivity contribution in [2.24, 2.45) is 0 Å². The lowest BCUT2D eigenvalue weighted by Crippen LogP contribution is -2.57. The summed E-state index contributed by atoms with van der Waals surface area (Å²) in [6, 6.07) is 0.633. The Bertz CT molecular complexity index is 435. The predicted molar refractivity (Wildman–Crippen MR) is 84.9 cm³/mol. The summed E-state index contributed by atoms with van der Waals surface area (Å²) in [6.07, 6.45) is 9.58. The van der Waals surface area contributed by atoms with Crippen LogP contribution in [0.2, 0.25) is 0 Å². The standard InChI is InChI=1S/C17H29N3O2/c1-13-7-6-8-14(2)20(13)16(22)12-19-17(11-15(21)18-19)9-4-3-5-10-17/h13-14H,3-12H2,1-2H3,(H,18,21)/t13-,14-/m0/s1. The van der Waals surface area contributed by atoms with Crippen LogP contribution >= 0.6 is 0 Å². The highest BCUT2D eigenvalue weighted by molar-refractivity contribution is 5.83. The molecular formula is C17H29N3O2. The predicted octanol–water partition coefficient (Wildman–Crippen LogP) is 2.22. The molecule has 5 nitrogen and oxygen atoms in total. The van der Waals surface area contributed by atoms with E-state index in [1.54, 1.807) is 0 Å². The SMILES string of the molecule is C[C@H]1CCC[C@H](C)N1C(=O)CN1NC(=O)CC12CCCCC2. The van der Waals surface area contributed by atoms with Crippen LogP contribution in [-0.2, 0) is 9.59 Å². The zero-order chi connectivity index (χ0) is 15.7. The largest absolute Gasteiger partial charge is 0.336 e. The summed E-state index contributed by atoms with van der Waals surface area (Å²) in [5.74, 6) is 0.251. The Kier molecular flexibility index (Phi) is 4.44. The van der Waals surface area contributed by atoms with E-state index in [1.165, 1.54) is 12.8 Å². The van der Waals surface area contributed by atoms with Crippen molar-refractivity contribution in [2.45, 2.75) is 89.3 Å². The lowest BCUT2D eigenvalue weighted by Gasteiger charge is -2.43. The number of piperidine rings is 1. The molecule has 1 saturated carbocycles.